The topological polar surface area (TPSA) is 42.7 Å². The highest BCUT2D eigenvalue weighted by atomic mass is 19.1. The van der Waals surface area contributed by atoms with Gasteiger partial charge in [0.1, 0.15) is 11.6 Å². The molecule has 3 aromatic rings. The summed E-state index contributed by atoms with van der Waals surface area (Å²) >= 11 is 0. The maximum absolute atomic E-state index is 13.2. The lowest BCUT2D eigenvalue weighted by molar-refractivity contribution is 0.624. The van der Waals surface area contributed by atoms with Gasteiger partial charge in [0.15, 0.2) is 0 Å². The second-order valence-corrected chi connectivity index (χ2v) is 5.99. The molecule has 23 heavy (non-hydrogen) atoms. The minimum Gasteiger partial charge on any atom is -0.324 e. The van der Waals surface area contributed by atoms with Crippen LogP contribution in [-0.4, -0.2) is 14.8 Å². The molecule has 0 aliphatic heterocycles. The molecule has 1 saturated carbocycles. The first-order valence-electron chi connectivity index (χ1n) is 7.67. The summed E-state index contributed by atoms with van der Waals surface area (Å²) in [5.41, 5.74) is 1.94. The van der Waals surface area contributed by atoms with E-state index in [9.17, 15) is 4.39 Å². The maximum atomic E-state index is 13.2. The Hall–Kier alpha value is -2.69. The van der Waals surface area contributed by atoms with Crippen molar-refractivity contribution in [3.8, 4) is 0 Å². The highest BCUT2D eigenvalue weighted by molar-refractivity contribution is 5.54. The van der Waals surface area contributed by atoms with Gasteiger partial charge in [-0.25, -0.2) is 4.39 Å². The number of rotatable bonds is 4. The van der Waals surface area contributed by atoms with Crippen LogP contribution in [0.25, 0.3) is 0 Å². The number of anilines is 2. The van der Waals surface area contributed by atoms with Crippen LogP contribution in [0.4, 0.5) is 16.0 Å². The molecule has 2 aromatic carbocycles. The average Bonchev–Trinajstić information content (AvgIpc) is 3.29. The van der Waals surface area contributed by atoms with Crippen LogP contribution in [0.1, 0.15) is 24.2 Å². The molecule has 0 unspecified atom stereocenters. The normalized spacial score (nSPS) is 15.4. The SMILES string of the molecule is Cn1c(Nc2ccccc2)nnc1C1(c2ccc(F)cc2)CC1. The zero-order valence-electron chi connectivity index (χ0n) is 12.8. The molecule has 0 amide bonds. The van der Waals surface area contributed by atoms with E-state index in [2.05, 4.69) is 15.5 Å². The second kappa shape index (κ2) is 5.19. The van der Waals surface area contributed by atoms with Gasteiger partial charge < -0.3 is 5.32 Å². The van der Waals surface area contributed by atoms with Gasteiger partial charge in [-0.2, -0.15) is 0 Å². The number of nitrogens with one attached hydrogen (secondary N) is 1. The smallest absolute Gasteiger partial charge is 0.228 e. The van der Waals surface area contributed by atoms with Crippen molar-refractivity contribution >= 4 is 11.6 Å². The van der Waals surface area contributed by atoms with Crippen molar-refractivity contribution in [2.45, 2.75) is 18.3 Å². The molecular formula is C18H17FN4. The fraction of sp³-hybridized carbons (Fsp3) is 0.222. The van der Waals surface area contributed by atoms with Gasteiger partial charge in [-0.05, 0) is 42.7 Å². The van der Waals surface area contributed by atoms with E-state index >= 15 is 0 Å². The Labute approximate surface area is 134 Å². The molecule has 0 spiro atoms. The summed E-state index contributed by atoms with van der Waals surface area (Å²) in [6, 6.07) is 16.6. The molecule has 0 atom stereocenters. The Morgan fingerprint density at radius 3 is 2.35 bits per heavy atom. The molecule has 116 valence electrons. The van der Waals surface area contributed by atoms with E-state index in [1.54, 1.807) is 0 Å². The zero-order chi connectivity index (χ0) is 15.9. The largest absolute Gasteiger partial charge is 0.324 e. The minimum absolute atomic E-state index is 0.133. The highest BCUT2D eigenvalue weighted by Gasteiger charge is 2.49. The van der Waals surface area contributed by atoms with Gasteiger partial charge in [-0.15, -0.1) is 10.2 Å². The molecule has 1 heterocycles. The maximum Gasteiger partial charge on any atom is 0.228 e. The van der Waals surface area contributed by atoms with E-state index in [1.165, 1.54) is 12.1 Å². The summed E-state index contributed by atoms with van der Waals surface area (Å²) < 4.78 is 15.2. The first-order valence-corrected chi connectivity index (χ1v) is 7.67. The minimum atomic E-state index is -0.214. The molecule has 4 nitrogen and oxygen atoms in total. The molecule has 1 aromatic heterocycles. The van der Waals surface area contributed by atoms with Crippen molar-refractivity contribution in [1.82, 2.24) is 14.8 Å². The lowest BCUT2D eigenvalue weighted by Gasteiger charge is -2.15. The van der Waals surface area contributed by atoms with E-state index in [-0.39, 0.29) is 11.2 Å². The Bertz CT molecular complexity index is 820. The van der Waals surface area contributed by atoms with Gasteiger partial charge in [0.2, 0.25) is 5.95 Å². The molecule has 0 radical (unpaired) electrons. The summed E-state index contributed by atoms with van der Waals surface area (Å²) in [5.74, 6) is 1.41. The van der Waals surface area contributed by atoms with Crippen LogP contribution < -0.4 is 5.32 Å². The molecule has 0 bridgehead atoms. The lowest BCUT2D eigenvalue weighted by Crippen LogP contribution is -2.15. The van der Waals surface area contributed by atoms with Gasteiger partial charge in [-0.1, -0.05) is 30.3 Å². The van der Waals surface area contributed by atoms with Crippen LogP contribution in [0.2, 0.25) is 0 Å². The van der Waals surface area contributed by atoms with Gasteiger partial charge in [0.25, 0.3) is 0 Å². The van der Waals surface area contributed by atoms with E-state index in [0.29, 0.717) is 5.95 Å². The molecule has 1 aliphatic rings. The average molecular weight is 308 g/mol. The Kier molecular flexibility index (Phi) is 3.15. The van der Waals surface area contributed by atoms with Crippen molar-refractivity contribution in [2.24, 2.45) is 7.05 Å². The van der Waals surface area contributed by atoms with E-state index in [4.69, 9.17) is 0 Å². The van der Waals surface area contributed by atoms with Crippen LogP contribution in [0.3, 0.4) is 0 Å². The summed E-state index contributed by atoms with van der Waals surface area (Å²) in [6.07, 6.45) is 2.02. The van der Waals surface area contributed by atoms with Crippen LogP contribution in [0, 0.1) is 5.82 Å². The molecular weight excluding hydrogens is 291 g/mol. The number of halogens is 1. The summed E-state index contributed by atoms with van der Waals surface area (Å²) in [7, 11) is 1.96. The fourth-order valence-electron chi connectivity index (χ4n) is 3.04. The standard InChI is InChI=1S/C18H17FN4/c1-23-16(18(11-12-18)13-7-9-14(19)10-8-13)21-22-17(23)20-15-5-3-2-4-6-15/h2-10H,11-12H2,1H3,(H,20,22). The number of benzene rings is 2. The summed E-state index contributed by atoms with van der Waals surface area (Å²) in [4.78, 5) is 0. The van der Waals surface area contributed by atoms with Crippen LogP contribution in [0.15, 0.2) is 54.6 Å². The van der Waals surface area contributed by atoms with E-state index in [1.807, 2.05) is 54.1 Å². The van der Waals surface area contributed by atoms with Crippen LogP contribution in [-0.2, 0) is 12.5 Å². The number of para-hydroxylation sites is 1. The van der Waals surface area contributed by atoms with Gasteiger partial charge in [-0.3, -0.25) is 4.57 Å². The zero-order valence-corrected chi connectivity index (χ0v) is 12.8. The van der Waals surface area contributed by atoms with Crippen LogP contribution in [0.5, 0.6) is 0 Å². The molecule has 1 N–H and O–H groups in total. The third-order valence-corrected chi connectivity index (χ3v) is 4.48. The predicted molar refractivity (Wildman–Crippen MR) is 87.1 cm³/mol. The third kappa shape index (κ3) is 2.38. The van der Waals surface area contributed by atoms with Crippen LogP contribution >= 0.6 is 0 Å². The van der Waals surface area contributed by atoms with Crippen molar-refractivity contribution < 1.29 is 4.39 Å². The van der Waals surface area contributed by atoms with Gasteiger partial charge >= 0.3 is 0 Å². The number of nitrogens with zero attached hydrogens (tertiary/aromatic N) is 3. The third-order valence-electron chi connectivity index (χ3n) is 4.48. The fourth-order valence-corrected chi connectivity index (χ4v) is 3.04. The van der Waals surface area contributed by atoms with E-state index < -0.39 is 0 Å². The molecule has 4 rings (SSSR count). The first-order chi connectivity index (χ1) is 11.2. The quantitative estimate of drug-likeness (QED) is 0.797. The molecule has 1 aliphatic carbocycles. The van der Waals surface area contributed by atoms with Crippen molar-refractivity contribution in [2.75, 3.05) is 5.32 Å². The van der Waals surface area contributed by atoms with Crippen molar-refractivity contribution in [1.29, 1.82) is 0 Å². The van der Waals surface area contributed by atoms with Crippen molar-refractivity contribution in [3.05, 3.63) is 71.8 Å². The Balaban J connectivity index is 1.67. The predicted octanol–water partition coefficient (Wildman–Crippen LogP) is 3.78. The summed E-state index contributed by atoms with van der Waals surface area (Å²) in [5, 5.41) is 12.0. The van der Waals surface area contributed by atoms with Gasteiger partial charge in [0.05, 0.1) is 5.41 Å². The Morgan fingerprint density at radius 1 is 1.00 bits per heavy atom. The first kappa shape index (κ1) is 13.9. The number of hydrogen-bond donors (Lipinski definition) is 1. The van der Waals surface area contributed by atoms with Gasteiger partial charge in [0, 0.05) is 12.7 Å². The highest BCUT2D eigenvalue weighted by Crippen LogP contribution is 2.52. The second-order valence-electron chi connectivity index (χ2n) is 5.99. The molecule has 5 heteroatoms. The molecule has 1 fully saturated rings. The molecule has 0 saturated heterocycles. The Morgan fingerprint density at radius 2 is 1.70 bits per heavy atom. The number of aromatic nitrogens is 3. The summed E-state index contributed by atoms with van der Waals surface area (Å²) in [6.45, 7) is 0. The monoisotopic (exact) mass is 308 g/mol. The van der Waals surface area contributed by atoms with E-state index in [0.717, 1.165) is 29.9 Å². The number of hydrogen-bond acceptors (Lipinski definition) is 3. The lowest BCUT2D eigenvalue weighted by atomic mass is 9.95. The van der Waals surface area contributed by atoms with Crippen molar-refractivity contribution in [3.63, 3.8) is 0 Å².